The predicted octanol–water partition coefficient (Wildman–Crippen LogP) is 4.16. The van der Waals surface area contributed by atoms with Crippen LogP contribution in [0.15, 0.2) is 17.9 Å². The van der Waals surface area contributed by atoms with E-state index in [9.17, 15) is 9.90 Å². The summed E-state index contributed by atoms with van der Waals surface area (Å²) in [5, 5.41) is 14.3. The first-order valence-corrected chi connectivity index (χ1v) is 9.92. The number of benzene rings is 1. The van der Waals surface area contributed by atoms with E-state index in [1.807, 2.05) is 0 Å². The van der Waals surface area contributed by atoms with Crippen LogP contribution in [0.3, 0.4) is 0 Å². The molecule has 0 bridgehead atoms. The fourth-order valence-corrected chi connectivity index (χ4v) is 4.78. The van der Waals surface area contributed by atoms with Crippen molar-refractivity contribution in [1.29, 1.82) is 0 Å². The first-order valence-electron chi connectivity index (χ1n) is 9.92. The summed E-state index contributed by atoms with van der Waals surface area (Å²) in [5.74, 6) is 0.799. The van der Waals surface area contributed by atoms with Crippen molar-refractivity contribution in [2.75, 3.05) is 7.11 Å². The lowest BCUT2D eigenvalue weighted by atomic mass is 9.78. The Bertz CT molecular complexity index is 768. The summed E-state index contributed by atoms with van der Waals surface area (Å²) in [6.07, 6.45) is 6.78. The molecule has 1 amide bonds. The van der Waals surface area contributed by atoms with Crippen molar-refractivity contribution in [2.45, 2.75) is 76.4 Å². The summed E-state index contributed by atoms with van der Waals surface area (Å²) in [6.45, 7) is 4.19. The number of nitrogens with one attached hydrogen (secondary N) is 1. The number of aliphatic hydroxyl groups excluding tert-OH is 1. The van der Waals surface area contributed by atoms with Gasteiger partial charge in [0.1, 0.15) is 5.76 Å². The van der Waals surface area contributed by atoms with Gasteiger partial charge in [-0.1, -0.05) is 19.1 Å². The number of aryl methyl sites for hydroxylation is 2. The molecule has 2 N–H and O–H groups in total. The van der Waals surface area contributed by atoms with Gasteiger partial charge >= 0.3 is 0 Å². The summed E-state index contributed by atoms with van der Waals surface area (Å²) >= 11 is 0. The standard InChI is InChI=1S/C22H29NO3/c1-4-14-12-16(15-5-6-15)11-13(2)18(14)19-20(24)22(23-21(19)25)9-7-17(26-3)8-10-22/h11-12,15,17,24H,4-10H2,1-3H3,(H,23,25). The van der Waals surface area contributed by atoms with E-state index >= 15 is 0 Å². The van der Waals surface area contributed by atoms with Crippen molar-refractivity contribution in [3.8, 4) is 0 Å². The van der Waals surface area contributed by atoms with Crippen molar-refractivity contribution in [1.82, 2.24) is 5.32 Å². The highest BCUT2D eigenvalue weighted by Gasteiger charge is 2.48. The van der Waals surface area contributed by atoms with E-state index in [4.69, 9.17) is 4.74 Å². The van der Waals surface area contributed by atoms with Crippen LogP contribution >= 0.6 is 0 Å². The van der Waals surface area contributed by atoms with Crippen LogP contribution in [0.5, 0.6) is 0 Å². The topological polar surface area (TPSA) is 58.6 Å². The second kappa shape index (κ2) is 6.41. The first-order chi connectivity index (χ1) is 12.5. The average molecular weight is 355 g/mol. The Hall–Kier alpha value is -1.81. The highest BCUT2D eigenvalue weighted by Crippen LogP contribution is 2.45. The maximum atomic E-state index is 12.9. The van der Waals surface area contributed by atoms with Gasteiger partial charge in [0.05, 0.1) is 17.2 Å². The van der Waals surface area contributed by atoms with Gasteiger partial charge in [-0.2, -0.15) is 0 Å². The molecule has 3 aliphatic rings. The van der Waals surface area contributed by atoms with E-state index in [1.165, 1.54) is 24.0 Å². The Balaban J connectivity index is 1.76. The lowest BCUT2D eigenvalue weighted by molar-refractivity contribution is -0.116. The molecular weight excluding hydrogens is 326 g/mol. The van der Waals surface area contributed by atoms with Crippen LogP contribution < -0.4 is 5.32 Å². The molecule has 4 heteroatoms. The van der Waals surface area contributed by atoms with E-state index in [2.05, 4.69) is 31.3 Å². The minimum Gasteiger partial charge on any atom is -0.509 e. The van der Waals surface area contributed by atoms with E-state index in [1.54, 1.807) is 7.11 Å². The molecule has 140 valence electrons. The second-order valence-electron chi connectivity index (χ2n) is 8.19. The molecule has 1 aliphatic heterocycles. The third-order valence-corrected chi connectivity index (χ3v) is 6.51. The zero-order valence-corrected chi connectivity index (χ0v) is 16.0. The fraction of sp³-hybridized carbons (Fsp3) is 0.591. The van der Waals surface area contributed by atoms with Crippen molar-refractivity contribution in [3.63, 3.8) is 0 Å². The summed E-state index contributed by atoms with van der Waals surface area (Å²) in [7, 11) is 1.73. The molecular formula is C22H29NO3. The molecule has 0 saturated heterocycles. The maximum absolute atomic E-state index is 12.9. The molecule has 0 unspecified atom stereocenters. The molecule has 0 radical (unpaired) electrons. The number of carbonyl (C=O) groups excluding carboxylic acids is 1. The normalized spacial score (nSPS) is 28.7. The second-order valence-corrected chi connectivity index (χ2v) is 8.19. The number of carbonyl (C=O) groups is 1. The SMILES string of the molecule is CCc1cc(C2CC2)cc(C)c1C1=C(O)C2(CCC(OC)CC2)NC1=O. The molecule has 0 atom stereocenters. The molecule has 2 saturated carbocycles. The monoisotopic (exact) mass is 355 g/mol. The number of ether oxygens (including phenoxy) is 1. The fourth-order valence-electron chi connectivity index (χ4n) is 4.78. The minimum absolute atomic E-state index is 0.129. The third-order valence-electron chi connectivity index (χ3n) is 6.51. The molecule has 26 heavy (non-hydrogen) atoms. The Morgan fingerprint density at radius 2 is 1.92 bits per heavy atom. The van der Waals surface area contributed by atoms with Crippen LogP contribution in [0, 0.1) is 6.92 Å². The van der Waals surface area contributed by atoms with Gasteiger partial charge in [0, 0.05) is 7.11 Å². The lowest BCUT2D eigenvalue weighted by Crippen LogP contribution is -2.48. The molecule has 1 spiro atoms. The van der Waals surface area contributed by atoms with Crippen molar-refractivity contribution in [2.24, 2.45) is 0 Å². The summed E-state index contributed by atoms with van der Waals surface area (Å²) in [6, 6.07) is 4.47. The Morgan fingerprint density at radius 3 is 2.50 bits per heavy atom. The minimum atomic E-state index is -0.603. The highest BCUT2D eigenvalue weighted by atomic mass is 16.5. The quantitative estimate of drug-likeness (QED) is 0.852. The third kappa shape index (κ3) is 2.75. The van der Waals surface area contributed by atoms with Crippen molar-refractivity contribution in [3.05, 3.63) is 40.1 Å². The van der Waals surface area contributed by atoms with Gasteiger partial charge in [0.15, 0.2) is 0 Å². The zero-order chi connectivity index (χ0) is 18.5. The first kappa shape index (κ1) is 17.6. The van der Waals surface area contributed by atoms with Gasteiger partial charge in [-0.3, -0.25) is 4.79 Å². The number of rotatable bonds is 4. The largest absolute Gasteiger partial charge is 0.509 e. The molecule has 1 aromatic rings. The van der Waals surface area contributed by atoms with Gasteiger partial charge in [-0.25, -0.2) is 0 Å². The molecule has 1 aromatic carbocycles. The van der Waals surface area contributed by atoms with Gasteiger partial charge in [-0.05, 0) is 80.0 Å². The van der Waals surface area contributed by atoms with Crippen LogP contribution in [0.4, 0.5) is 0 Å². The van der Waals surface area contributed by atoms with Crippen LogP contribution in [-0.4, -0.2) is 29.8 Å². The van der Waals surface area contributed by atoms with Gasteiger partial charge in [-0.15, -0.1) is 0 Å². The molecule has 4 nitrogen and oxygen atoms in total. The molecule has 1 heterocycles. The van der Waals surface area contributed by atoms with Crippen molar-refractivity contribution < 1.29 is 14.6 Å². The van der Waals surface area contributed by atoms with E-state index in [0.717, 1.165) is 43.2 Å². The van der Waals surface area contributed by atoms with Crippen LogP contribution in [0.1, 0.15) is 73.6 Å². The van der Waals surface area contributed by atoms with Gasteiger partial charge < -0.3 is 15.2 Å². The van der Waals surface area contributed by atoms with E-state index < -0.39 is 5.54 Å². The molecule has 0 aromatic heterocycles. The predicted molar refractivity (Wildman–Crippen MR) is 102 cm³/mol. The molecule has 2 aliphatic carbocycles. The van der Waals surface area contributed by atoms with Crippen LogP contribution in [0.2, 0.25) is 0 Å². The van der Waals surface area contributed by atoms with Crippen LogP contribution in [-0.2, 0) is 16.0 Å². The van der Waals surface area contributed by atoms with Crippen molar-refractivity contribution >= 4 is 11.5 Å². The number of amides is 1. The van der Waals surface area contributed by atoms with Crippen LogP contribution in [0.25, 0.3) is 5.57 Å². The number of methoxy groups -OCH3 is 1. The maximum Gasteiger partial charge on any atom is 0.256 e. The Labute approximate surface area is 155 Å². The number of aliphatic hydroxyl groups is 1. The Morgan fingerprint density at radius 1 is 1.23 bits per heavy atom. The zero-order valence-electron chi connectivity index (χ0n) is 16.0. The smallest absolute Gasteiger partial charge is 0.256 e. The number of hydrogen-bond donors (Lipinski definition) is 2. The molecule has 4 rings (SSSR count). The van der Waals surface area contributed by atoms with Gasteiger partial charge in [0.25, 0.3) is 5.91 Å². The lowest BCUT2D eigenvalue weighted by Gasteiger charge is -2.36. The molecule has 2 fully saturated rings. The average Bonchev–Trinajstić information content (AvgIpc) is 3.45. The Kier molecular flexibility index (Phi) is 4.34. The number of hydrogen-bond acceptors (Lipinski definition) is 3. The summed E-state index contributed by atoms with van der Waals surface area (Å²) in [4.78, 5) is 12.9. The van der Waals surface area contributed by atoms with Gasteiger partial charge in [0.2, 0.25) is 0 Å². The van der Waals surface area contributed by atoms with E-state index in [-0.39, 0.29) is 17.8 Å². The van der Waals surface area contributed by atoms with E-state index in [0.29, 0.717) is 11.5 Å². The summed E-state index contributed by atoms with van der Waals surface area (Å²) < 4.78 is 5.45. The highest BCUT2D eigenvalue weighted by molar-refractivity contribution is 6.24. The summed E-state index contributed by atoms with van der Waals surface area (Å²) in [5.41, 5.74) is 4.50.